The first-order valence-corrected chi connectivity index (χ1v) is 5.60. The SMILES string of the molecule is COc1ccc(CSC)cc1B(O)O. The lowest BCUT2D eigenvalue weighted by Crippen LogP contribution is -2.31. The van der Waals surface area contributed by atoms with Crippen LogP contribution in [0.2, 0.25) is 0 Å². The molecule has 0 unspecified atom stereocenters. The Morgan fingerprint density at radius 2 is 2.14 bits per heavy atom. The molecular weight excluding hydrogens is 199 g/mol. The highest BCUT2D eigenvalue weighted by molar-refractivity contribution is 7.97. The number of ether oxygens (including phenoxy) is 1. The minimum atomic E-state index is -1.48. The van der Waals surface area contributed by atoms with Crippen molar-refractivity contribution in [2.24, 2.45) is 0 Å². The Balaban J connectivity index is 3.01. The Hall–Kier alpha value is -0.645. The minimum Gasteiger partial charge on any atom is -0.497 e. The van der Waals surface area contributed by atoms with E-state index in [4.69, 9.17) is 14.8 Å². The quantitative estimate of drug-likeness (QED) is 0.702. The van der Waals surface area contributed by atoms with Crippen molar-refractivity contribution < 1.29 is 14.8 Å². The van der Waals surface area contributed by atoms with Crippen molar-refractivity contribution in [3.63, 3.8) is 0 Å². The summed E-state index contributed by atoms with van der Waals surface area (Å²) in [5.41, 5.74) is 1.47. The van der Waals surface area contributed by atoms with Crippen molar-refractivity contribution in [2.45, 2.75) is 5.75 Å². The maximum absolute atomic E-state index is 9.10. The van der Waals surface area contributed by atoms with Crippen LogP contribution in [-0.4, -0.2) is 30.5 Å². The highest BCUT2D eigenvalue weighted by Gasteiger charge is 2.16. The molecule has 0 saturated carbocycles. The van der Waals surface area contributed by atoms with E-state index in [-0.39, 0.29) is 0 Å². The van der Waals surface area contributed by atoms with E-state index in [1.807, 2.05) is 12.3 Å². The Labute approximate surface area is 88.2 Å². The van der Waals surface area contributed by atoms with Crippen molar-refractivity contribution in [2.75, 3.05) is 13.4 Å². The van der Waals surface area contributed by atoms with E-state index in [0.717, 1.165) is 11.3 Å². The second-order valence-corrected chi connectivity index (χ2v) is 3.75. The molecule has 0 aromatic heterocycles. The number of rotatable bonds is 4. The maximum Gasteiger partial charge on any atom is 0.492 e. The molecule has 1 aromatic carbocycles. The zero-order valence-corrected chi connectivity index (χ0v) is 9.04. The largest absolute Gasteiger partial charge is 0.497 e. The van der Waals surface area contributed by atoms with E-state index in [1.165, 1.54) is 7.11 Å². The molecule has 0 radical (unpaired) electrons. The van der Waals surface area contributed by atoms with E-state index < -0.39 is 7.12 Å². The van der Waals surface area contributed by atoms with Crippen molar-refractivity contribution >= 4 is 24.3 Å². The third kappa shape index (κ3) is 2.67. The van der Waals surface area contributed by atoms with Gasteiger partial charge in [-0.3, -0.25) is 0 Å². The number of benzene rings is 1. The highest BCUT2D eigenvalue weighted by Crippen LogP contribution is 2.13. The van der Waals surface area contributed by atoms with Gasteiger partial charge in [0.05, 0.1) is 7.11 Å². The first-order valence-electron chi connectivity index (χ1n) is 4.21. The summed E-state index contributed by atoms with van der Waals surface area (Å²) in [5.74, 6) is 1.36. The first-order chi connectivity index (χ1) is 6.69. The molecule has 0 heterocycles. The van der Waals surface area contributed by atoms with Crippen LogP contribution in [0.25, 0.3) is 0 Å². The minimum absolute atomic E-state index is 0.416. The van der Waals surface area contributed by atoms with E-state index in [0.29, 0.717) is 11.2 Å². The zero-order chi connectivity index (χ0) is 10.6. The second-order valence-electron chi connectivity index (χ2n) is 2.88. The third-order valence-electron chi connectivity index (χ3n) is 1.88. The van der Waals surface area contributed by atoms with E-state index in [1.54, 1.807) is 23.9 Å². The first kappa shape index (κ1) is 11.4. The fourth-order valence-electron chi connectivity index (χ4n) is 1.24. The lowest BCUT2D eigenvalue weighted by molar-refractivity contribution is 0.403. The molecule has 0 spiro atoms. The number of methoxy groups -OCH3 is 1. The topological polar surface area (TPSA) is 49.7 Å². The molecule has 0 aliphatic heterocycles. The predicted octanol–water partition coefficient (Wildman–Crippen LogP) is 0.238. The fourth-order valence-corrected chi connectivity index (χ4v) is 1.75. The molecule has 14 heavy (non-hydrogen) atoms. The van der Waals surface area contributed by atoms with Crippen LogP contribution in [-0.2, 0) is 5.75 Å². The molecule has 0 aliphatic rings. The molecule has 1 rings (SSSR count). The Kier molecular flexibility index (Phi) is 4.32. The van der Waals surface area contributed by atoms with Crippen LogP contribution in [0.3, 0.4) is 0 Å². The van der Waals surface area contributed by atoms with Gasteiger partial charge in [-0.1, -0.05) is 12.1 Å². The fraction of sp³-hybridized carbons (Fsp3) is 0.333. The number of hydrogen-bond donors (Lipinski definition) is 2. The molecule has 3 nitrogen and oxygen atoms in total. The monoisotopic (exact) mass is 212 g/mol. The van der Waals surface area contributed by atoms with Crippen molar-refractivity contribution in [3.05, 3.63) is 23.8 Å². The van der Waals surface area contributed by atoms with Gasteiger partial charge in [-0.25, -0.2) is 0 Å². The average Bonchev–Trinajstić information content (AvgIpc) is 2.18. The highest BCUT2D eigenvalue weighted by atomic mass is 32.2. The molecule has 0 atom stereocenters. The van der Waals surface area contributed by atoms with Gasteiger partial charge >= 0.3 is 7.12 Å². The molecule has 1 aromatic rings. The summed E-state index contributed by atoms with van der Waals surface area (Å²) in [6, 6.07) is 5.42. The molecule has 0 bridgehead atoms. The molecule has 5 heteroatoms. The van der Waals surface area contributed by atoms with Crippen LogP contribution >= 0.6 is 11.8 Å². The van der Waals surface area contributed by atoms with Gasteiger partial charge in [0.2, 0.25) is 0 Å². The van der Waals surface area contributed by atoms with Gasteiger partial charge in [0.1, 0.15) is 5.75 Å². The standard InChI is InChI=1S/C9H13BO3S/c1-13-9-4-3-7(6-14-2)5-8(9)10(11)12/h3-5,11-12H,6H2,1-2H3. The van der Waals surface area contributed by atoms with E-state index >= 15 is 0 Å². The summed E-state index contributed by atoms with van der Waals surface area (Å²) in [7, 11) is 0.0295. The van der Waals surface area contributed by atoms with E-state index in [2.05, 4.69) is 0 Å². The lowest BCUT2D eigenvalue weighted by atomic mass is 9.79. The van der Waals surface area contributed by atoms with Crippen molar-refractivity contribution in [1.82, 2.24) is 0 Å². The van der Waals surface area contributed by atoms with Crippen LogP contribution in [0.15, 0.2) is 18.2 Å². The molecule has 2 N–H and O–H groups in total. The normalized spacial score (nSPS) is 10.0. The average molecular weight is 212 g/mol. The van der Waals surface area contributed by atoms with Crippen LogP contribution < -0.4 is 10.2 Å². The summed E-state index contributed by atoms with van der Waals surface area (Å²) >= 11 is 1.68. The van der Waals surface area contributed by atoms with Crippen LogP contribution in [0.4, 0.5) is 0 Å². The van der Waals surface area contributed by atoms with Gasteiger partial charge in [0.15, 0.2) is 0 Å². The van der Waals surface area contributed by atoms with Crippen LogP contribution in [0.5, 0.6) is 5.75 Å². The van der Waals surface area contributed by atoms with Gasteiger partial charge in [-0.2, -0.15) is 11.8 Å². The van der Waals surface area contributed by atoms with Crippen LogP contribution in [0, 0.1) is 0 Å². The lowest BCUT2D eigenvalue weighted by Gasteiger charge is -2.09. The summed E-state index contributed by atoms with van der Waals surface area (Å²) < 4.78 is 5.01. The van der Waals surface area contributed by atoms with E-state index in [9.17, 15) is 0 Å². The molecule has 0 amide bonds. The summed E-state index contributed by atoms with van der Waals surface area (Å²) in [5, 5.41) is 18.2. The van der Waals surface area contributed by atoms with Crippen LogP contribution in [0.1, 0.15) is 5.56 Å². The predicted molar refractivity (Wildman–Crippen MR) is 60.0 cm³/mol. The molecule has 0 aliphatic carbocycles. The Morgan fingerprint density at radius 1 is 1.43 bits per heavy atom. The number of hydrogen-bond acceptors (Lipinski definition) is 4. The Bertz CT molecular complexity index is 304. The van der Waals surface area contributed by atoms with Crippen molar-refractivity contribution in [1.29, 1.82) is 0 Å². The third-order valence-corrected chi connectivity index (χ3v) is 2.51. The Morgan fingerprint density at radius 3 is 2.64 bits per heavy atom. The van der Waals surface area contributed by atoms with Gasteiger partial charge < -0.3 is 14.8 Å². The summed E-state index contributed by atoms with van der Waals surface area (Å²) in [6.07, 6.45) is 2.00. The maximum atomic E-state index is 9.10. The molecule has 76 valence electrons. The van der Waals surface area contributed by atoms with Crippen molar-refractivity contribution in [3.8, 4) is 5.75 Å². The smallest absolute Gasteiger partial charge is 0.492 e. The van der Waals surface area contributed by atoms with Gasteiger partial charge in [0, 0.05) is 11.2 Å². The summed E-state index contributed by atoms with van der Waals surface area (Å²) in [4.78, 5) is 0. The van der Waals surface area contributed by atoms with Gasteiger partial charge in [-0.05, 0) is 17.9 Å². The summed E-state index contributed by atoms with van der Waals surface area (Å²) in [6.45, 7) is 0. The molecule has 0 fully saturated rings. The zero-order valence-electron chi connectivity index (χ0n) is 8.23. The molecular formula is C9H13BO3S. The number of thioether (sulfide) groups is 1. The van der Waals surface area contributed by atoms with Gasteiger partial charge in [0.25, 0.3) is 0 Å². The second kappa shape index (κ2) is 5.29. The molecule has 0 saturated heterocycles. The van der Waals surface area contributed by atoms with Gasteiger partial charge in [-0.15, -0.1) is 0 Å².